The highest BCUT2D eigenvalue weighted by atomic mass is 32.2. The average Bonchev–Trinajstić information content (AvgIpc) is 2.37. The number of benzene rings is 1. The van der Waals surface area contributed by atoms with Gasteiger partial charge in [-0.2, -0.15) is 4.31 Å². The molecule has 0 bridgehead atoms. The van der Waals surface area contributed by atoms with E-state index >= 15 is 0 Å². The molecule has 1 heterocycles. The third kappa shape index (κ3) is 2.78. The van der Waals surface area contributed by atoms with E-state index in [9.17, 15) is 13.2 Å². The Morgan fingerprint density at radius 2 is 2.00 bits per heavy atom. The van der Waals surface area contributed by atoms with Gasteiger partial charge in [0.15, 0.2) is 0 Å². The van der Waals surface area contributed by atoms with E-state index < -0.39 is 22.0 Å². The maximum atomic E-state index is 12.7. The highest BCUT2D eigenvalue weighted by Gasteiger charge is 2.36. The van der Waals surface area contributed by atoms with Gasteiger partial charge in [-0.1, -0.05) is 6.42 Å². The topological polar surface area (TPSA) is 106 Å². The number of sulfonamides is 1. The summed E-state index contributed by atoms with van der Waals surface area (Å²) in [5.74, 6) is -0.603. The summed E-state index contributed by atoms with van der Waals surface area (Å²) in [5.41, 5.74) is 12.2. The Balaban J connectivity index is 2.44. The normalized spacial score (nSPS) is 20.8. The highest BCUT2D eigenvalue weighted by molar-refractivity contribution is 7.89. The molecule has 1 fully saturated rings. The molecule has 1 unspecified atom stereocenters. The molecule has 0 saturated carbocycles. The van der Waals surface area contributed by atoms with Gasteiger partial charge in [-0.3, -0.25) is 4.79 Å². The van der Waals surface area contributed by atoms with Crippen LogP contribution < -0.4 is 11.5 Å². The van der Waals surface area contributed by atoms with Crippen LogP contribution in [0.3, 0.4) is 0 Å². The van der Waals surface area contributed by atoms with Gasteiger partial charge in [-0.05, 0) is 43.5 Å². The first-order valence-corrected chi connectivity index (χ1v) is 7.94. The summed E-state index contributed by atoms with van der Waals surface area (Å²) in [6.45, 7) is 2.08. The predicted molar refractivity (Wildman–Crippen MR) is 76.3 cm³/mol. The van der Waals surface area contributed by atoms with Crippen LogP contribution in [0.1, 0.15) is 24.8 Å². The summed E-state index contributed by atoms with van der Waals surface area (Å²) in [6.07, 6.45) is 2.00. The van der Waals surface area contributed by atoms with Crippen LogP contribution in [0.15, 0.2) is 23.1 Å². The lowest BCUT2D eigenvalue weighted by Crippen LogP contribution is -2.50. The summed E-state index contributed by atoms with van der Waals surface area (Å²) < 4.78 is 26.5. The second kappa shape index (κ2) is 5.41. The number of nitrogen functional groups attached to an aromatic ring is 1. The largest absolute Gasteiger partial charge is 0.399 e. The maximum absolute atomic E-state index is 12.7. The minimum absolute atomic E-state index is 0.114. The molecule has 0 radical (unpaired) electrons. The molecular formula is C13H19N3O3S. The van der Waals surface area contributed by atoms with Gasteiger partial charge in [0.2, 0.25) is 15.9 Å². The monoisotopic (exact) mass is 297 g/mol. The zero-order chi connectivity index (χ0) is 14.9. The number of carbonyl (C=O) groups is 1. The number of nitrogens with two attached hydrogens (primary N) is 2. The van der Waals surface area contributed by atoms with Crippen molar-refractivity contribution in [1.82, 2.24) is 4.31 Å². The number of primary amides is 1. The SMILES string of the molecule is Cc1cc(N)cc(S(=O)(=O)N2CCCCC2C(N)=O)c1. The van der Waals surface area contributed by atoms with Crippen LogP contribution >= 0.6 is 0 Å². The van der Waals surface area contributed by atoms with Crippen LogP contribution in [0.25, 0.3) is 0 Å². The third-order valence-electron chi connectivity index (χ3n) is 3.46. The average molecular weight is 297 g/mol. The summed E-state index contributed by atoms with van der Waals surface area (Å²) in [7, 11) is -3.75. The van der Waals surface area contributed by atoms with Crippen LogP contribution in [0, 0.1) is 6.92 Å². The summed E-state index contributed by atoms with van der Waals surface area (Å²) in [6, 6.07) is 3.89. The van der Waals surface area contributed by atoms with E-state index in [0.717, 1.165) is 18.4 Å². The predicted octanol–water partition coefficient (Wildman–Crippen LogP) is 0.606. The Morgan fingerprint density at radius 1 is 1.30 bits per heavy atom. The van der Waals surface area contributed by atoms with E-state index in [1.807, 2.05) is 0 Å². The van der Waals surface area contributed by atoms with Gasteiger partial charge in [-0.15, -0.1) is 0 Å². The molecule has 7 heteroatoms. The Labute approximate surface area is 118 Å². The molecule has 1 aliphatic rings. The van der Waals surface area contributed by atoms with Crippen molar-refractivity contribution in [2.75, 3.05) is 12.3 Å². The first-order chi connectivity index (χ1) is 9.32. The minimum atomic E-state index is -3.75. The summed E-state index contributed by atoms with van der Waals surface area (Å²) in [4.78, 5) is 11.6. The van der Waals surface area contributed by atoms with Crippen molar-refractivity contribution in [3.8, 4) is 0 Å². The Hall–Kier alpha value is -1.60. The molecule has 1 aromatic rings. The summed E-state index contributed by atoms with van der Waals surface area (Å²) >= 11 is 0. The van der Waals surface area contributed by atoms with Gasteiger partial charge in [0, 0.05) is 12.2 Å². The van der Waals surface area contributed by atoms with Gasteiger partial charge >= 0.3 is 0 Å². The molecule has 1 aliphatic heterocycles. The van der Waals surface area contributed by atoms with Gasteiger partial charge in [-0.25, -0.2) is 8.42 Å². The fourth-order valence-electron chi connectivity index (χ4n) is 2.54. The molecule has 1 aromatic carbocycles. The van der Waals surface area contributed by atoms with Crippen LogP contribution in [0.4, 0.5) is 5.69 Å². The molecular weight excluding hydrogens is 278 g/mol. The maximum Gasteiger partial charge on any atom is 0.243 e. The third-order valence-corrected chi connectivity index (χ3v) is 5.35. The second-order valence-electron chi connectivity index (χ2n) is 5.11. The van der Waals surface area contributed by atoms with E-state index in [1.54, 1.807) is 19.1 Å². The number of hydrogen-bond acceptors (Lipinski definition) is 4. The van der Waals surface area contributed by atoms with Crippen molar-refractivity contribution < 1.29 is 13.2 Å². The lowest BCUT2D eigenvalue weighted by Gasteiger charge is -2.32. The summed E-state index contributed by atoms with van der Waals surface area (Å²) in [5, 5.41) is 0. The van der Waals surface area contributed by atoms with Crippen molar-refractivity contribution >= 4 is 21.6 Å². The smallest absolute Gasteiger partial charge is 0.243 e. The molecule has 6 nitrogen and oxygen atoms in total. The fraction of sp³-hybridized carbons (Fsp3) is 0.462. The van der Waals surface area contributed by atoms with Gasteiger partial charge in [0.25, 0.3) is 0 Å². The molecule has 2 rings (SSSR count). The standard InChI is InChI=1S/C13H19N3O3S/c1-9-6-10(14)8-11(7-9)20(18,19)16-5-3-2-4-12(16)13(15)17/h6-8,12H,2-5,14H2,1H3,(H2,15,17). The number of rotatable bonds is 3. The van der Waals surface area contributed by atoms with Gasteiger partial charge in [0.05, 0.1) is 4.90 Å². The molecule has 0 aromatic heterocycles. The van der Waals surface area contributed by atoms with E-state index in [4.69, 9.17) is 11.5 Å². The first-order valence-electron chi connectivity index (χ1n) is 6.50. The molecule has 20 heavy (non-hydrogen) atoms. The molecule has 0 spiro atoms. The Kier molecular flexibility index (Phi) is 4.01. The number of anilines is 1. The minimum Gasteiger partial charge on any atom is -0.399 e. The van der Waals surface area contributed by atoms with Crippen molar-refractivity contribution in [2.45, 2.75) is 37.1 Å². The number of carbonyl (C=O) groups excluding carboxylic acids is 1. The number of aryl methyl sites for hydroxylation is 1. The quantitative estimate of drug-likeness (QED) is 0.797. The molecule has 110 valence electrons. The number of piperidine rings is 1. The Morgan fingerprint density at radius 3 is 2.60 bits per heavy atom. The molecule has 4 N–H and O–H groups in total. The van der Waals surface area contributed by atoms with Crippen molar-refractivity contribution in [1.29, 1.82) is 0 Å². The van der Waals surface area contributed by atoms with E-state index in [2.05, 4.69) is 0 Å². The van der Waals surface area contributed by atoms with E-state index in [0.29, 0.717) is 18.7 Å². The van der Waals surface area contributed by atoms with Crippen LogP contribution in [-0.2, 0) is 14.8 Å². The molecule has 1 amide bonds. The fourth-order valence-corrected chi connectivity index (χ4v) is 4.34. The van der Waals surface area contributed by atoms with Gasteiger partial charge < -0.3 is 11.5 Å². The molecule has 0 aliphatic carbocycles. The Bertz CT molecular complexity index is 607. The number of amides is 1. The lowest BCUT2D eigenvalue weighted by atomic mass is 10.0. The number of hydrogen-bond donors (Lipinski definition) is 2. The highest BCUT2D eigenvalue weighted by Crippen LogP contribution is 2.27. The first kappa shape index (κ1) is 14.8. The van der Waals surface area contributed by atoms with Crippen LogP contribution in [0.5, 0.6) is 0 Å². The second-order valence-corrected chi connectivity index (χ2v) is 7.00. The zero-order valence-electron chi connectivity index (χ0n) is 11.4. The lowest BCUT2D eigenvalue weighted by molar-refractivity contribution is -0.122. The molecule has 1 atom stereocenters. The molecule has 1 saturated heterocycles. The van der Waals surface area contributed by atoms with Crippen molar-refractivity contribution in [3.05, 3.63) is 23.8 Å². The van der Waals surface area contributed by atoms with Gasteiger partial charge in [0.1, 0.15) is 6.04 Å². The van der Waals surface area contributed by atoms with E-state index in [-0.39, 0.29) is 4.90 Å². The zero-order valence-corrected chi connectivity index (χ0v) is 12.2. The van der Waals surface area contributed by atoms with E-state index in [1.165, 1.54) is 10.4 Å². The van der Waals surface area contributed by atoms with Crippen molar-refractivity contribution in [2.24, 2.45) is 5.73 Å². The number of nitrogens with zero attached hydrogens (tertiary/aromatic N) is 1. The van der Waals surface area contributed by atoms with Crippen LogP contribution in [0.2, 0.25) is 0 Å². The van der Waals surface area contributed by atoms with Crippen LogP contribution in [-0.4, -0.2) is 31.2 Å². The van der Waals surface area contributed by atoms with Crippen molar-refractivity contribution in [3.63, 3.8) is 0 Å².